The highest BCUT2D eigenvalue weighted by molar-refractivity contribution is 7.13. The van der Waals surface area contributed by atoms with Crippen LogP contribution < -0.4 is 5.32 Å². The summed E-state index contributed by atoms with van der Waals surface area (Å²) < 4.78 is 5.47. The molecule has 0 saturated carbocycles. The molecule has 1 aromatic carbocycles. The average Bonchev–Trinajstić information content (AvgIpc) is 3.34. The molecule has 0 spiro atoms. The zero-order chi connectivity index (χ0) is 20.3. The van der Waals surface area contributed by atoms with Gasteiger partial charge >= 0.3 is 0 Å². The van der Waals surface area contributed by atoms with Crippen LogP contribution in [0.4, 0.5) is 5.82 Å². The van der Waals surface area contributed by atoms with Crippen LogP contribution >= 0.6 is 11.3 Å². The number of anilines is 1. The van der Waals surface area contributed by atoms with E-state index in [1.165, 1.54) is 0 Å². The second-order valence-electron chi connectivity index (χ2n) is 8.14. The van der Waals surface area contributed by atoms with E-state index in [1.807, 2.05) is 24.0 Å². The molecule has 2 saturated heterocycles. The molecule has 2 aromatic heterocycles. The minimum Gasteiger partial charge on any atom is -0.381 e. The van der Waals surface area contributed by atoms with E-state index in [0.29, 0.717) is 11.9 Å². The third kappa shape index (κ3) is 4.24. The molecule has 7 heteroatoms. The number of pyridine rings is 1. The van der Waals surface area contributed by atoms with Crippen molar-refractivity contribution in [1.29, 1.82) is 0 Å². The molecule has 2 aliphatic heterocycles. The summed E-state index contributed by atoms with van der Waals surface area (Å²) in [5.41, 5.74) is 2.97. The molecule has 0 atom stereocenters. The van der Waals surface area contributed by atoms with E-state index >= 15 is 0 Å². The van der Waals surface area contributed by atoms with E-state index in [4.69, 9.17) is 4.74 Å². The molecule has 5 rings (SSSR count). The number of hydrogen-bond acceptors (Lipinski definition) is 6. The maximum Gasteiger partial charge on any atom is 0.228 e. The van der Waals surface area contributed by atoms with Gasteiger partial charge in [-0.25, -0.2) is 4.98 Å². The van der Waals surface area contributed by atoms with Gasteiger partial charge in [-0.05, 0) is 61.9 Å². The lowest BCUT2D eigenvalue weighted by molar-refractivity contribution is -0.121. The number of nitrogens with one attached hydrogen (secondary N) is 1. The monoisotopic (exact) mass is 422 g/mol. The van der Waals surface area contributed by atoms with E-state index in [9.17, 15) is 4.79 Å². The molecule has 1 N–H and O–H groups in total. The van der Waals surface area contributed by atoms with Crippen LogP contribution in [-0.2, 0) is 9.53 Å². The second-order valence-corrected chi connectivity index (χ2v) is 9.03. The summed E-state index contributed by atoms with van der Waals surface area (Å²) in [6, 6.07) is 8.87. The lowest BCUT2D eigenvalue weighted by atomic mass is 9.93. The van der Waals surface area contributed by atoms with Crippen molar-refractivity contribution in [3.8, 4) is 10.4 Å². The number of rotatable bonds is 4. The number of hydrogen-bond donors (Lipinski definition) is 1. The number of ether oxygens (including phenoxy) is 1. The molecule has 2 fully saturated rings. The van der Waals surface area contributed by atoms with Gasteiger partial charge in [0.15, 0.2) is 0 Å². The number of likely N-dealkylation sites (tertiary alicyclic amines) is 1. The van der Waals surface area contributed by atoms with Gasteiger partial charge in [0.05, 0.1) is 10.4 Å². The van der Waals surface area contributed by atoms with Crippen molar-refractivity contribution in [2.75, 3.05) is 31.6 Å². The number of aromatic nitrogens is 2. The van der Waals surface area contributed by atoms with Crippen molar-refractivity contribution in [2.24, 2.45) is 5.92 Å². The Labute approximate surface area is 180 Å². The topological polar surface area (TPSA) is 67.4 Å². The van der Waals surface area contributed by atoms with Crippen LogP contribution in [-0.4, -0.2) is 53.1 Å². The minimum absolute atomic E-state index is 0.0575. The molecule has 156 valence electrons. The molecule has 3 aromatic rings. The number of benzene rings is 1. The van der Waals surface area contributed by atoms with Crippen LogP contribution in [0.5, 0.6) is 0 Å². The van der Waals surface area contributed by atoms with Gasteiger partial charge in [0.1, 0.15) is 5.82 Å². The summed E-state index contributed by atoms with van der Waals surface area (Å²) in [4.78, 5) is 25.1. The van der Waals surface area contributed by atoms with E-state index in [2.05, 4.69) is 38.4 Å². The molecule has 0 radical (unpaired) electrons. The smallest absolute Gasteiger partial charge is 0.228 e. The largest absolute Gasteiger partial charge is 0.381 e. The van der Waals surface area contributed by atoms with Crippen LogP contribution in [0.15, 0.2) is 42.2 Å². The zero-order valence-electron chi connectivity index (χ0n) is 16.9. The first-order valence-electron chi connectivity index (χ1n) is 10.7. The van der Waals surface area contributed by atoms with Gasteiger partial charge in [0.2, 0.25) is 5.91 Å². The van der Waals surface area contributed by atoms with Crippen LogP contribution in [0.2, 0.25) is 0 Å². The van der Waals surface area contributed by atoms with Gasteiger partial charge in [-0.2, -0.15) is 0 Å². The molecule has 4 heterocycles. The van der Waals surface area contributed by atoms with E-state index in [0.717, 1.165) is 73.2 Å². The maximum absolute atomic E-state index is 12.8. The van der Waals surface area contributed by atoms with Crippen molar-refractivity contribution < 1.29 is 9.53 Å². The summed E-state index contributed by atoms with van der Waals surface area (Å²) in [5, 5.41) is 5.19. The van der Waals surface area contributed by atoms with Crippen LogP contribution in [0.25, 0.3) is 21.2 Å². The fourth-order valence-electron chi connectivity index (χ4n) is 4.53. The second kappa shape index (κ2) is 8.79. The average molecular weight is 423 g/mol. The summed E-state index contributed by atoms with van der Waals surface area (Å²) in [6.45, 7) is 3.71. The summed E-state index contributed by atoms with van der Waals surface area (Å²) in [5.74, 6) is 0.773. The zero-order valence-corrected chi connectivity index (χ0v) is 17.7. The molecule has 0 bridgehead atoms. The predicted molar refractivity (Wildman–Crippen MR) is 120 cm³/mol. The van der Waals surface area contributed by atoms with Crippen LogP contribution in [0.3, 0.4) is 0 Å². The summed E-state index contributed by atoms with van der Waals surface area (Å²) >= 11 is 1.62. The number of nitrogens with zero attached hydrogens (tertiary/aromatic N) is 3. The normalized spacial score (nSPS) is 19.2. The highest BCUT2D eigenvalue weighted by Gasteiger charge is 2.29. The Bertz CT molecular complexity index is 1010. The Morgan fingerprint density at radius 3 is 2.67 bits per heavy atom. The Hall–Kier alpha value is -2.35. The molecular weight excluding hydrogens is 396 g/mol. The Morgan fingerprint density at radius 2 is 1.90 bits per heavy atom. The van der Waals surface area contributed by atoms with Crippen molar-refractivity contribution >= 4 is 33.8 Å². The standard InChI is InChI=1S/C23H26N4O2S/c28-23(16-3-7-27(8-4-16)20-5-9-29-10-6-20)26-22-12-19-11-17(21-14-24-15-30-21)1-2-18(19)13-25-22/h1-2,11-16,20H,3-10H2,(H,25,26,28). The maximum atomic E-state index is 12.8. The molecule has 0 aliphatic carbocycles. The Kier molecular flexibility index (Phi) is 5.75. The third-order valence-electron chi connectivity index (χ3n) is 6.30. The SMILES string of the molecule is O=C(Nc1cc2cc(-c3cncs3)ccc2cn1)C1CCN(C2CCOCC2)CC1. The quantitative estimate of drug-likeness (QED) is 0.683. The van der Waals surface area contributed by atoms with Crippen molar-refractivity contribution in [1.82, 2.24) is 14.9 Å². The number of carbonyl (C=O) groups excluding carboxylic acids is 1. The first-order chi connectivity index (χ1) is 14.8. The molecule has 6 nitrogen and oxygen atoms in total. The number of carbonyl (C=O) groups is 1. The number of thiazole rings is 1. The first kappa shape index (κ1) is 19.6. The van der Waals surface area contributed by atoms with Gasteiger partial charge < -0.3 is 15.0 Å². The number of fused-ring (bicyclic) bond motifs is 1. The highest BCUT2D eigenvalue weighted by Crippen LogP contribution is 2.28. The van der Waals surface area contributed by atoms with E-state index in [1.54, 1.807) is 11.3 Å². The van der Waals surface area contributed by atoms with Gasteiger partial charge in [-0.3, -0.25) is 9.78 Å². The number of amides is 1. The molecular formula is C23H26N4O2S. The van der Waals surface area contributed by atoms with Crippen LogP contribution in [0.1, 0.15) is 25.7 Å². The van der Waals surface area contributed by atoms with Gasteiger partial charge in [0.25, 0.3) is 0 Å². The Balaban J connectivity index is 1.23. The fourth-order valence-corrected chi connectivity index (χ4v) is 5.15. The highest BCUT2D eigenvalue weighted by atomic mass is 32.1. The lowest BCUT2D eigenvalue weighted by Crippen LogP contribution is -2.45. The van der Waals surface area contributed by atoms with E-state index in [-0.39, 0.29) is 11.8 Å². The molecule has 0 unspecified atom stereocenters. The van der Waals surface area contributed by atoms with Gasteiger partial charge in [0, 0.05) is 43.0 Å². The van der Waals surface area contributed by atoms with Crippen molar-refractivity contribution in [3.05, 3.63) is 42.2 Å². The van der Waals surface area contributed by atoms with Gasteiger partial charge in [-0.1, -0.05) is 12.1 Å². The Morgan fingerprint density at radius 1 is 1.07 bits per heavy atom. The van der Waals surface area contributed by atoms with Crippen LogP contribution in [0, 0.1) is 5.92 Å². The lowest BCUT2D eigenvalue weighted by Gasteiger charge is -2.38. The van der Waals surface area contributed by atoms with Crippen molar-refractivity contribution in [2.45, 2.75) is 31.7 Å². The fraction of sp³-hybridized carbons (Fsp3) is 0.435. The summed E-state index contributed by atoms with van der Waals surface area (Å²) in [6.07, 6.45) is 7.75. The van der Waals surface area contributed by atoms with E-state index < -0.39 is 0 Å². The van der Waals surface area contributed by atoms with Gasteiger partial charge in [-0.15, -0.1) is 11.3 Å². The molecule has 1 amide bonds. The first-order valence-corrected chi connectivity index (χ1v) is 11.6. The minimum atomic E-state index is 0.0575. The molecule has 2 aliphatic rings. The number of piperidine rings is 1. The van der Waals surface area contributed by atoms with Crippen molar-refractivity contribution in [3.63, 3.8) is 0 Å². The summed E-state index contributed by atoms with van der Waals surface area (Å²) in [7, 11) is 0. The molecule has 30 heavy (non-hydrogen) atoms. The predicted octanol–water partition coefficient (Wildman–Crippen LogP) is 4.19. The third-order valence-corrected chi connectivity index (χ3v) is 7.12.